The van der Waals surface area contributed by atoms with Gasteiger partial charge in [0, 0.05) is 36.6 Å². The molecule has 4 heterocycles. The number of anilines is 1. The summed E-state index contributed by atoms with van der Waals surface area (Å²) < 4.78 is 1.76. The van der Waals surface area contributed by atoms with Crippen LogP contribution in [0.25, 0.3) is 22.4 Å². The van der Waals surface area contributed by atoms with E-state index in [1.54, 1.807) is 34.6 Å². The highest BCUT2D eigenvalue weighted by atomic mass is 32.1. The van der Waals surface area contributed by atoms with Gasteiger partial charge in [-0.25, -0.2) is 15.0 Å². The Bertz CT molecular complexity index is 979. The Kier molecular flexibility index (Phi) is 4.10. The molecule has 4 rings (SSSR count). The highest BCUT2D eigenvalue weighted by Crippen LogP contribution is 2.29. The average molecular weight is 351 g/mol. The summed E-state index contributed by atoms with van der Waals surface area (Å²) in [4.78, 5) is 17.9. The minimum atomic E-state index is 0.101. The molecule has 4 aromatic heterocycles. The lowest BCUT2D eigenvalue weighted by atomic mass is 10.2. The van der Waals surface area contributed by atoms with Gasteiger partial charge in [-0.3, -0.25) is 9.67 Å². The van der Waals surface area contributed by atoms with Crippen LogP contribution in [-0.2, 0) is 7.05 Å². The molecule has 0 saturated carbocycles. The molecule has 0 fully saturated rings. The van der Waals surface area contributed by atoms with Crippen LogP contribution in [0.4, 0.5) is 5.82 Å². The number of rotatable bonds is 5. The molecule has 0 saturated heterocycles. The average Bonchev–Trinajstić information content (AvgIpc) is 3.31. The molecule has 0 aliphatic carbocycles. The van der Waals surface area contributed by atoms with Gasteiger partial charge in [-0.2, -0.15) is 5.10 Å². The van der Waals surface area contributed by atoms with E-state index in [9.17, 15) is 0 Å². The Balaban J connectivity index is 1.82. The summed E-state index contributed by atoms with van der Waals surface area (Å²) in [5.41, 5.74) is 1.71. The molecule has 0 radical (unpaired) electrons. The van der Waals surface area contributed by atoms with Crippen LogP contribution in [0.3, 0.4) is 0 Å². The lowest BCUT2D eigenvalue weighted by Gasteiger charge is -2.16. The fourth-order valence-electron chi connectivity index (χ4n) is 2.67. The molecule has 0 aliphatic rings. The molecule has 0 amide bonds. The van der Waals surface area contributed by atoms with Crippen molar-refractivity contribution in [3.8, 4) is 11.4 Å². The van der Waals surface area contributed by atoms with Crippen LogP contribution in [0.2, 0.25) is 0 Å². The molecule has 0 aromatic carbocycles. The smallest absolute Gasteiger partial charge is 0.164 e. The summed E-state index contributed by atoms with van der Waals surface area (Å²) in [7, 11) is 1.88. The largest absolute Gasteiger partial charge is 0.360 e. The predicted octanol–water partition coefficient (Wildman–Crippen LogP) is 3.45. The first-order valence-corrected chi connectivity index (χ1v) is 8.90. The summed E-state index contributed by atoms with van der Waals surface area (Å²) in [5, 5.41) is 11.8. The van der Waals surface area contributed by atoms with Gasteiger partial charge in [-0.15, -0.1) is 11.3 Å². The third-order valence-corrected chi connectivity index (χ3v) is 4.89. The number of nitrogens with one attached hydrogen (secondary N) is 1. The zero-order valence-electron chi connectivity index (χ0n) is 13.9. The van der Waals surface area contributed by atoms with Gasteiger partial charge in [0.1, 0.15) is 10.8 Å². The van der Waals surface area contributed by atoms with Gasteiger partial charge in [0.15, 0.2) is 11.5 Å². The molecular formula is C17H17N7S. The normalized spacial score (nSPS) is 12.4. The highest BCUT2D eigenvalue weighted by molar-refractivity contribution is 7.09. The van der Waals surface area contributed by atoms with E-state index in [1.807, 2.05) is 30.8 Å². The van der Waals surface area contributed by atoms with Crippen molar-refractivity contribution in [2.24, 2.45) is 7.05 Å². The molecular weight excluding hydrogens is 334 g/mol. The first-order valence-electron chi connectivity index (χ1n) is 8.02. The van der Waals surface area contributed by atoms with Gasteiger partial charge in [0.2, 0.25) is 0 Å². The third-order valence-electron chi connectivity index (χ3n) is 4.00. The molecule has 1 N–H and O–H groups in total. The molecule has 126 valence electrons. The van der Waals surface area contributed by atoms with Gasteiger partial charge in [-0.05, 0) is 18.6 Å². The number of nitrogens with zero attached hydrogens (tertiary/aromatic N) is 6. The molecule has 25 heavy (non-hydrogen) atoms. The Morgan fingerprint density at radius 3 is 2.76 bits per heavy atom. The summed E-state index contributed by atoms with van der Waals surface area (Å²) in [6.45, 7) is 2.13. The first-order chi connectivity index (χ1) is 12.3. The van der Waals surface area contributed by atoms with Crippen LogP contribution < -0.4 is 5.32 Å². The summed E-state index contributed by atoms with van der Waals surface area (Å²) in [6, 6.07) is 3.91. The molecule has 1 atom stereocenters. The van der Waals surface area contributed by atoms with Gasteiger partial charge >= 0.3 is 0 Å². The molecule has 4 aromatic rings. The fraction of sp³-hybridized carbons (Fsp3) is 0.235. The Labute approximate surface area is 148 Å². The fourth-order valence-corrected chi connectivity index (χ4v) is 3.44. The number of aromatic nitrogens is 6. The molecule has 0 unspecified atom stereocenters. The van der Waals surface area contributed by atoms with Crippen LogP contribution >= 0.6 is 11.3 Å². The molecule has 7 nitrogen and oxygen atoms in total. The minimum Gasteiger partial charge on any atom is -0.360 e. The highest BCUT2D eigenvalue weighted by Gasteiger charge is 2.18. The van der Waals surface area contributed by atoms with Crippen LogP contribution in [0.1, 0.15) is 24.4 Å². The first kappa shape index (κ1) is 15.6. The van der Waals surface area contributed by atoms with E-state index in [0.29, 0.717) is 5.82 Å². The number of pyridine rings is 1. The third kappa shape index (κ3) is 2.96. The topological polar surface area (TPSA) is 81.4 Å². The van der Waals surface area contributed by atoms with Gasteiger partial charge < -0.3 is 5.32 Å². The number of hydrogen-bond acceptors (Lipinski definition) is 7. The van der Waals surface area contributed by atoms with E-state index >= 15 is 0 Å². The zero-order chi connectivity index (χ0) is 17.2. The van der Waals surface area contributed by atoms with Crippen molar-refractivity contribution in [2.75, 3.05) is 5.32 Å². The van der Waals surface area contributed by atoms with Gasteiger partial charge in [0.25, 0.3) is 0 Å². The van der Waals surface area contributed by atoms with E-state index in [1.165, 1.54) is 0 Å². The maximum atomic E-state index is 4.76. The van der Waals surface area contributed by atoms with Crippen molar-refractivity contribution in [3.05, 3.63) is 47.3 Å². The van der Waals surface area contributed by atoms with E-state index in [4.69, 9.17) is 4.98 Å². The van der Waals surface area contributed by atoms with Crippen molar-refractivity contribution in [1.82, 2.24) is 29.7 Å². The predicted molar refractivity (Wildman–Crippen MR) is 98.3 cm³/mol. The van der Waals surface area contributed by atoms with Crippen molar-refractivity contribution in [1.29, 1.82) is 0 Å². The maximum absolute atomic E-state index is 4.76. The molecule has 0 aliphatic heterocycles. The zero-order valence-corrected chi connectivity index (χ0v) is 14.7. The number of thiazole rings is 1. The van der Waals surface area contributed by atoms with Crippen LogP contribution in [0, 0.1) is 0 Å². The van der Waals surface area contributed by atoms with E-state index < -0.39 is 0 Å². The summed E-state index contributed by atoms with van der Waals surface area (Å²) >= 11 is 1.64. The maximum Gasteiger partial charge on any atom is 0.164 e. The lowest BCUT2D eigenvalue weighted by molar-refractivity contribution is 0.738. The number of aryl methyl sites for hydroxylation is 1. The van der Waals surface area contributed by atoms with E-state index in [2.05, 4.69) is 32.3 Å². The van der Waals surface area contributed by atoms with Gasteiger partial charge in [-0.1, -0.05) is 6.92 Å². The second-order valence-electron chi connectivity index (χ2n) is 5.61. The molecule has 0 bridgehead atoms. The summed E-state index contributed by atoms with van der Waals surface area (Å²) in [5.74, 6) is 1.42. The minimum absolute atomic E-state index is 0.101. The van der Waals surface area contributed by atoms with Gasteiger partial charge in [0.05, 0.1) is 17.6 Å². The van der Waals surface area contributed by atoms with Crippen molar-refractivity contribution < 1.29 is 0 Å². The van der Waals surface area contributed by atoms with Crippen molar-refractivity contribution >= 4 is 28.2 Å². The van der Waals surface area contributed by atoms with Crippen LogP contribution in [-0.4, -0.2) is 29.7 Å². The van der Waals surface area contributed by atoms with Crippen molar-refractivity contribution in [2.45, 2.75) is 19.4 Å². The van der Waals surface area contributed by atoms with E-state index in [-0.39, 0.29) is 6.04 Å². The Morgan fingerprint density at radius 1 is 1.20 bits per heavy atom. The standard InChI is InChI=1S/C17H17N7S/c1-3-13(17-19-8-9-25-17)21-15-12-10-20-24(2)16(12)23-14(22-15)11-4-6-18-7-5-11/h4-10,13H,3H2,1-2H3,(H,21,22,23)/t13-/m0/s1. The van der Waals surface area contributed by atoms with Crippen LogP contribution in [0.15, 0.2) is 42.3 Å². The van der Waals surface area contributed by atoms with Crippen LogP contribution in [0.5, 0.6) is 0 Å². The Morgan fingerprint density at radius 2 is 2.04 bits per heavy atom. The SMILES string of the molecule is CC[C@H](Nc1nc(-c2ccncc2)nc2c1cnn2C)c1nccs1. The second-order valence-corrected chi connectivity index (χ2v) is 6.54. The number of fused-ring (bicyclic) bond motifs is 1. The quantitative estimate of drug-likeness (QED) is 0.593. The summed E-state index contributed by atoms with van der Waals surface area (Å²) in [6.07, 6.45) is 8.01. The van der Waals surface area contributed by atoms with Crippen molar-refractivity contribution in [3.63, 3.8) is 0 Å². The molecule has 8 heteroatoms. The molecule has 0 spiro atoms. The second kappa shape index (κ2) is 6.56. The number of hydrogen-bond donors (Lipinski definition) is 1. The monoisotopic (exact) mass is 351 g/mol. The Hall–Kier alpha value is -2.87. The lowest BCUT2D eigenvalue weighted by Crippen LogP contribution is -2.11. The van der Waals surface area contributed by atoms with E-state index in [0.717, 1.165) is 33.8 Å².